The van der Waals surface area contributed by atoms with Gasteiger partial charge in [0.15, 0.2) is 4.80 Å². The molecular formula is C29H24BrN3OS. The molecule has 2 aliphatic rings. The molecule has 4 aromatic rings. The maximum atomic E-state index is 13.8. The minimum absolute atomic E-state index is 0.0146. The Morgan fingerprint density at radius 2 is 1.80 bits per heavy atom. The van der Waals surface area contributed by atoms with Crippen molar-refractivity contribution in [1.29, 1.82) is 0 Å². The molecule has 1 unspecified atom stereocenters. The predicted octanol–water partition coefficient (Wildman–Crippen LogP) is 5.15. The fraction of sp³-hybridized carbons (Fsp3) is 0.172. The number of benzene rings is 3. The number of aryl methyl sites for hydroxylation is 1. The lowest BCUT2D eigenvalue weighted by Crippen LogP contribution is -2.38. The Kier molecular flexibility index (Phi) is 5.58. The Labute approximate surface area is 216 Å². The average molecular weight is 543 g/mol. The number of fused-ring (bicyclic) bond motifs is 3. The maximum Gasteiger partial charge on any atom is 0.271 e. The van der Waals surface area contributed by atoms with Crippen LogP contribution in [0.3, 0.4) is 0 Å². The molecule has 1 aliphatic carbocycles. The number of nitrogens with zero attached hydrogens (tertiary/aromatic N) is 3. The van der Waals surface area contributed by atoms with E-state index in [0.29, 0.717) is 4.53 Å². The van der Waals surface area contributed by atoms with Crippen molar-refractivity contribution in [3.8, 4) is 0 Å². The molecule has 1 aliphatic heterocycles. The molecule has 6 heteroatoms. The molecular weight excluding hydrogens is 518 g/mol. The molecule has 0 fully saturated rings. The standard InChI is InChI=1S/C29H24BrN3OS/c1-32(2)24-15-12-18(16-23(24)30)17-25-28(34)33-27(20-9-4-3-5-10-20)22-14-13-19-8-6-7-11-21(19)26(22)31-29(33)35-25/h3-12,15-17,27H,13-14H2,1-2H3. The van der Waals surface area contributed by atoms with Crippen LogP contribution >= 0.6 is 27.3 Å². The first-order chi connectivity index (χ1) is 17.0. The van der Waals surface area contributed by atoms with Crippen LogP contribution in [0.1, 0.15) is 34.7 Å². The summed E-state index contributed by atoms with van der Waals surface area (Å²) in [5, 5.41) is 0. The molecule has 0 radical (unpaired) electrons. The van der Waals surface area contributed by atoms with Gasteiger partial charge in [0, 0.05) is 24.1 Å². The minimum atomic E-state index is -0.138. The van der Waals surface area contributed by atoms with E-state index in [2.05, 4.69) is 69.4 Å². The minimum Gasteiger partial charge on any atom is -0.377 e. The van der Waals surface area contributed by atoms with Crippen LogP contribution in [-0.2, 0) is 6.42 Å². The first-order valence-electron chi connectivity index (χ1n) is 11.7. The molecule has 1 atom stereocenters. The zero-order chi connectivity index (χ0) is 24.1. The van der Waals surface area contributed by atoms with Crippen molar-refractivity contribution in [2.45, 2.75) is 18.9 Å². The Morgan fingerprint density at radius 1 is 1.03 bits per heavy atom. The van der Waals surface area contributed by atoms with Crippen molar-refractivity contribution in [1.82, 2.24) is 4.57 Å². The van der Waals surface area contributed by atoms with Crippen LogP contribution in [0, 0.1) is 0 Å². The predicted molar refractivity (Wildman–Crippen MR) is 148 cm³/mol. The molecule has 0 saturated carbocycles. The summed E-state index contributed by atoms with van der Waals surface area (Å²) < 4.78 is 3.60. The molecule has 0 bridgehead atoms. The van der Waals surface area contributed by atoms with E-state index < -0.39 is 0 Å². The average Bonchev–Trinajstić information content (AvgIpc) is 3.17. The van der Waals surface area contributed by atoms with Gasteiger partial charge in [-0.2, -0.15) is 0 Å². The number of hydrogen-bond donors (Lipinski definition) is 0. The van der Waals surface area contributed by atoms with E-state index >= 15 is 0 Å². The monoisotopic (exact) mass is 541 g/mol. The summed E-state index contributed by atoms with van der Waals surface area (Å²) in [5.74, 6) is 0. The van der Waals surface area contributed by atoms with Crippen molar-refractivity contribution < 1.29 is 0 Å². The van der Waals surface area contributed by atoms with Gasteiger partial charge >= 0.3 is 0 Å². The van der Waals surface area contributed by atoms with Crippen molar-refractivity contribution in [3.63, 3.8) is 0 Å². The van der Waals surface area contributed by atoms with Crippen molar-refractivity contribution in [2.24, 2.45) is 4.99 Å². The second-order valence-electron chi connectivity index (χ2n) is 9.13. The molecule has 3 aromatic carbocycles. The van der Waals surface area contributed by atoms with Gasteiger partial charge in [0.25, 0.3) is 5.56 Å². The Morgan fingerprint density at radius 3 is 2.57 bits per heavy atom. The fourth-order valence-corrected chi connectivity index (χ4v) is 6.84. The molecule has 174 valence electrons. The van der Waals surface area contributed by atoms with E-state index in [1.54, 1.807) is 0 Å². The Bertz CT molecular complexity index is 1660. The van der Waals surface area contributed by atoms with Crippen molar-refractivity contribution in [3.05, 3.63) is 125 Å². The van der Waals surface area contributed by atoms with Gasteiger partial charge in [-0.25, -0.2) is 4.99 Å². The zero-order valence-electron chi connectivity index (χ0n) is 19.5. The Balaban J connectivity index is 1.58. The number of aromatic nitrogens is 1. The summed E-state index contributed by atoms with van der Waals surface area (Å²) in [6.07, 6.45) is 3.84. The van der Waals surface area contributed by atoms with Gasteiger partial charge in [-0.3, -0.25) is 9.36 Å². The second-order valence-corrected chi connectivity index (χ2v) is 11.0. The Hall–Kier alpha value is -3.22. The van der Waals surface area contributed by atoms with Gasteiger partial charge in [-0.1, -0.05) is 72.0 Å². The van der Waals surface area contributed by atoms with Crippen LogP contribution in [0.25, 0.3) is 11.8 Å². The van der Waals surface area contributed by atoms with Gasteiger partial charge in [0.2, 0.25) is 0 Å². The van der Waals surface area contributed by atoms with Crippen LogP contribution in [-0.4, -0.2) is 18.7 Å². The highest BCUT2D eigenvalue weighted by atomic mass is 79.9. The quantitative estimate of drug-likeness (QED) is 0.359. The van der Waals surface area contributed by atoms with Gasteiger partial charge in [-0.05, 0) is 69.2 Å². The zero-order valence-corrected chi connectivity index (χ0v) is 21.9. The summed E-state index contributed by atoms with van der Waals surface area (Å²) >= 11 is 5.14. The first-order valence-corrected chi connectivity index (χ1v) is 13.3. The number of hydrogen-bond acceptors (Lipinski definition) is 4. The molecule has 0 amide bonds. The molecule has 35 heavy (non-hydrogen) atoms. The first kappa shape index (κ1) is 22.3. The SMILES string of the molecule is CN(C)c1ccc(C=c2sc3n(c2=O)C(c2ccccc2)C2=C(N=3)c3ccccc3CC2)cc1Br. The number of anilines is 1. The molecule has 6 rings (SSSR count). The summed E-state index contributed by atoms with van der Waals surface area (Å²) in [5.41, 5.74) is 8.00. The lowest BCUT2D eigenvalue weighted by atomic mass is 9.83. The van der Waals surface area contributed by atoms with E-state index in [-0.39, 0.29) is 11.6 Å². The van der Waals surface area contributed by atoms with E-state index in [9.17, 15) is 4.79 Å². The van der Waals surface area contributed by atoms with Crippen LogP contribution in [0.15, 0.2) is 92.6 Å². The van der Waals surface area contributed by atoms with Crippen LogP contribution < -0.4 is 19.8 Å². The van der Waals surface area contributed by atoms with E-state index in [1.807, 2.05) is 49.0 Å². The van der Waals surface area contributed by atoms with E-state index in [0.717, 1.165) is 44.6 Å². The smallest absolute Gasteiger partial charge is 0.271 e. The lowest BCUT2D eigenvalue weighted by molar-refractivity contribution is 0.585. The molecule has 2 heterocycles. The van der Waals surface area contributed by atoms with Crippen molar-refractivity contribution >= 4 is 44.7 Å². The third-order valence-electron chi connectivity index (χ3n) is 6.74. The van der Waals surface area contributed by atoms with E-state index in [4.69, 9.17) is 4.99 Å². The van der Waals surface area contributed by atoms with Gasteiger partial charge in [0.05, 0.1) is 22.0 Å². The van der Waals surface area contributed by atoms with Gasteiger partial charge in [0.1, 0.15) is 0 Å². The maximum absolute atomic E-state index is 13.8. The van der Waals surface area contributed by atoms with Crippen molar-refractivity contribution in [2.75, 3.05) is 19.0 Å². The van der Waals surface area contributed by atoms with Gasteiger partial charge < -0.3 is 4.90 Å². The number of allylic oxidation sites excluding steroid dienone is 1. The number of halogens is 1. The topological polar surface area (TPSA) is 37.6 Å². The third kappa shape index (κ3) is 3.81. The lowest BCUT2D eigenvalue weighted by Gasteiger charge is -2.30. The molecule has 0 N–H and O–H groups in total. The summed E-state index contributed by atoms with van der Waals surface area (Å²) in [6.45, 7) is 0. The molecule has 1 aromatic heterocycles. The summed E-state index contributed by atoms with van der Waals surface area (Å²) in [6, 6.07) is 24.9. The summed E-state index contributed by atoms with van der Waals surface area (Å²) in [7, 11) is 4.03. The van der Waals surface area contributed by atoms with Crippen LogP contribution in [0.4, 0.5) is 5.69 Å². The highest BCUT2D eigenvalue weighted by Gasteiger charge is 2.32. The van der Waals surface area contributed by atoms with E-state index in [1.165, 1.54) is 28.0 Å². The number of thiazole rings is 1. The third-order valence-corrected chi connectivity index (χ3v) is 8.36. The number of rotatable bonds is 3. The highest BCUT2D eigenvalue weighted by molar-refractivity contribution is 9.10. The molecule has 0 saturated heterocycles. The van der Waals surface area contributed by atoms with Crippen LogP contribution in [0.2, 0.25) is 0 Å². The second kappa shape index (κ2) is 8.77. The van der Waals surface area contributed by atoms with Crippen LogP contribution in [0.5, 0.6) is 0 Å². The molecule has 0 spiro atoms. The summed E-state index contributed by atoms with van der Waals surface area (Å²) in [4.78, 5) is 21.7. The largest absolute Gasteiger partial charge is 0.377 e. The fourth-order valence-electron chi connectivity index (χ4n) is 5.08. The molecule has 4 nitrogen and oxygen atoms in total. The highest BCUT2D eigenvalue weighted by Crippen LogP contribution is 2.41. The normalized spacial score (nSPS) is 16.9. The van der Waals surface area contributed by atoms with Gasteiger partial charge in [-0.15, -0.1) is 0 Å².